The van der Waals surface area contributed by atoms with E-state index in [4.69, 9.17) is 23.2 Å². The summed E-state index contributed by atoms with van der Waals surface area (Å²) in [6.45, 7) is 5.37. The number of piperazine rings is 1. The van der Waals surface area contributed by atoms with E-state index >= 15 is 0 Å². The normalized spacial score (nSPS) is 20.0. The molecule has 0 radical (unpaired) electrons. The highest BCUT2D eigenvalue weighted by Gasteiger charge is 2.37. The van der Waals surface area contributed by atoms with Gasteiger partial charge in [0, 0.05) is 48.9 Å². The standard InChI is InChI=1S/C22H23Cl2F2N3O3S/c1-13-14(2)29(9-8-28(13)20-11-16(23)6-7-27-20)21(31)15-4-5-18(17(24)10-15)33(32)12-19(30)22(3,25)26/h4-7,10-11,13-14H,8-9,12H2,1-3H3. The Morgan fingerprint density at radius 2 is 1.88 bits per heavy atom. The maximum Gasteiger partial charge on any atom is 0.307 e. The molecule has 178 valence electrons. The molecular formula is C22H23Cl2F2N3O3S. The highest BCUT2D eigenvalue weighted by molar-refractivity contribution is 7.92. The van der Waals surface area contributed by atoms with E-state index in [1.54, 1.807) is 23.2 Å². The molecule has 1 saturated heterocycles. The van der Waals surface area contributed by atoms with Crippen molar-refractivity contribution in [3.63, 3.8) is 0 Å². The number of nitrogens with zero attached hydrogens (tertiary/aromatic N) is 3. The fraction of sp³-hybridized carbons (Fsp3) is 0.409. The molecule has 0 N–H and O–H groups in total. The molecule has 1 aliphatic heterocycles. The second kappa shape index (κ2) is 10.1. The number of rotatable bonds is 6. The van der Waals surface area contributed by atoms with Crippen molar-refractivity contribution in [1.82, 2.24) is 9.88 Å². The van der Waals surface area contributed by atoms with E-state index < -0.39 is 28.6 Å². The molecule has 1 aromatic carbocycles. The van der Waals surface area contributed by atoms with Crippen molar-refractivity contribution in [3.05, 3.63) is 52.1 Å². The second-order valence-corrected chi connectivity index (χ2v) is 10.2. The number of carbonyl (C=O) groups excluding carboxylic acids is 2. The topological polar surface area (TPSA) is 76.6 Å². The monoisotopic (exact) mass is 517 g/mol. The van der Waals surface area contributed by atoms with Gasteiger partial charge < -0.3 is 14.4 Å². The van der Waals surface area contributed by atoms with Gasteiger partial charge in [-0.05, 0) is 55.4 Å². The molecule has 2 aromatic rings. The van der Waals surface area contributed by atoms with Crippen LogP contribution in [0.5, 0.6) is 0 Å². The number of alkyl halides is 2. The summed E-state index contributed by atoms with van der Waals surface area (Å²) in [7, 11) is 0. The number of amides is 1. The first kappa shape index (κ1) is 25.7. The first-order chi connectivity index (χ1) is 15.4. The van der Waals surface area contributed by atoms with Crippen molar-refractivity contribution >= 4 is 51.9 Å². The van der Waals surface area contributed by atoms with Crippen LogP contribution >= 0.6 is 23.2 Å². The zero-order valence-corrected chi connectivity index (χ0v) is 20.6. The van der Waals surface area contributed by atoms with Gasteiger partial charge in [-0.15, -0.1) is 0 Å². The van der Waals surface area contributed by atoms with Crippen molar-refractivity contribution in [2.24, 2.45) is 0 Å². The first-order valence-electron chi connectivity index (χ1n) is 10.2. The molecule has 1 fully saturated rings. The Kier molecular flexibility index (Phi) is 7.88. The molecule has 3 unspecified atom stereocenters. The second-order valence-electron chi connectivity index (χ2n) is 7.95. The Morgan fingerprint density at radius 3 is 2.48 bits per heavy atom. The van der Waals surface area contributed by atoms with Crippen LogP contribution in [0.3, 0.4) is 0 Å². The van der Waals surface area contributed by atoms with Gasteiger partial charge in [-0.1, -0.05) is 23.2 Å². The van der Waals surface area contributed by atoms with Gasteiger partial charge in [-0.2, -0.15) is 8.78 Å². The summed E-state index contributed by atoms with van der Waals surface area (Å²) in [5, 5.41) is 0.559. The average molecular weight is 518 g/mol. The SMILES string of the molecule is CC1C(C)N(c2cc(Cl)ccn2)CCN1C(=O)c1ccc([S+]([O-])CC(=O)C(C)(F)F)c(Cl)c1. The van der Waals surface area contributed by atoms with E-state index in [-0.39, 0.29) is 33.5 Å². The molecule has 2 heterocycles. The lowest BCUT2D eigenvalue weighted by atomic mass is 10.0. The smallest absolute Gasteiger partial charge is 0.307 e. The van der Waals surface area contributed by atoms with Gasteiger partial charge in [0.05, 0.1) is 5.02 Å². The van der Waals surface area contributed by atoms with Crippen LogP contribution in [0.2, 0.25) is 10.0 Å². The summed E-state index contributed by atoms with van der Waals surface area (Å²) in [5.74, 6) is -5.40. The molecule has 0 spiro atoms. The van der Waals surface area contributed by atoms with Crippen molar-refractivity contribution < 1.29 is 22.9 Å². The summed E-state index contributed by atoms with van der Waals surface area (Å²) >= 11 is 10.2. The van der Waals surface area contributed by atoms with Crippen molar-refractivity contribution in [2.45, 2.75) is 43.7 Å². The summed E-state index contributed by atoms with van der Waals surface area (Å²) < 4.78 is 38.6. The Hall–Kier alpha value is -1.94. The number of carbonyl (C=O) groups is 2. The zero-order chi connectivity index (χ0) is 24.5. The number of ketones is 1. The van der Waals surface area contributed by atoms with Crippen LogP contribution in [0.4, 0.5) is 14.6 Å². The molecule has 3 atom stereocenters. The third-order valence-electron chi connectivity index (χ3n) is 5.70. The third kappa shape index (κ3) is 5.77. The molecule has 0 aliphatic carbocycles. The largest absolute Gasteiger partial charge is 0.611 e. The molecule has 6 nitrogen and oxygen atoms in total. The van der Waals surface area contributed by atoms with Crippen LogP contribution in [0.25, 0.3) is 0 Å². The number of Topliss-reactive ketones (excluding diaryl/α,β-unsaturated/α-hetero) is 1. The van der Waals surface area contributed by atoms with E-state index in [1.807, 2.05) is 13.8 Å². The number of hydrogen-bond donors (Lipinski definition) is 0. The fourth-order valence-corrected chi connectivity index (χ4v) is 5.35. The number of aromatic nitrogens is 1. The number of anilines is 1. The minimum atomic E-state index is -3.58. The van der Waals surface area contributed by atoms with E-state index in [2.05, 4.69) is 9.88 Å². The number of halogens is 4. The Balaban J connectivity index is 1.73. The summed E-state index contributed by atoms with van der Waals surface area (Å²) in [6, 6.07) is 7.41. The lowest BCUT2D eigenvalue weighted by Gasteiger charge is -2.45. The van der Waals surface area contributed by atoms with Gasteiger partial charge in [-0.3, -0.25) is 9.59 Å². The van der Waals surface area contributed by atoms with Crippen molar-refractivity contribution in [1.29, 1.82) is 0 Å². The first-order valence-corrected chi connectivity index (χ1v) is 12.3. The molecule has 1 aromatic heterocycles. The maximum absolute atomic E-state index is 13.2. The van der Waals surface area contributed by atoms with Crippen LogP contribution in [0.15, 0.2) is 41.4 Å². The number of pyridine rings is 1. The van der Waals surface area contributed by atoms with Crippen LogP contribution < -0.4 is 4.90 Å². The van der Waals surface area contributed by atoms with Gasteiger partial charge in [0.25, 0.3) is 11.7 Å². The van der Waals surface area contributed by atoms with E-state index in [9.17, 15) is 22.9 Å². The summed E-state index contributed by atoms with van der Waals surface area (Å²) in [5.41, 5.74) is 0.279. The lowest BCUT2D eigenvalue weighted by molar-refractivity contribution is -0.137. The minimum Gasteiger partial charge on any atom is -0.611 e. The predicted octanol–water partition coefficient (Wildman–Crippen LogP) is 4.46. The van der Waals surface area contributed by atoms with Crippen LogP contribution in [0, 0.1) is 0 Å². The number of hydrogen-bond acceptors (Lipinski definition) is 5. The highest BCUT2D eigenvalue weighted by Crippen LogP contribution is 2.29. The molecule has 0 saturated carbocycles. The maximum atomic E-state index is 13.2. The van der Waals surface area contributed by atoms with Gasteiger partial charge in [0.15, 0.2) is 10.6 Å². The fourth-order valence-electron chi connectivity index (χ4n) is 3.61. The minimum absolute atomic E-state index is 0.0196. The van der Waals surface area contributed by atoms with Crippen LogP contribution in [0.1, 0.15) is 31.1 Å². The molecule has 1 amide bonds. The molecular weight excluding hydrogens is 495 g/mol. The Bertz CT molecular complexity index is 1050. The van der Waals surface area contributed by atoms with Crippen LogP contribution in [-0.4, -0.2) is 63.0 Å². The molecule has 1 aliphatic rings. The van der Waals surface area contributed by atoms with Gasteiger partial charge >= 0.3 is 5.92 Å². The third-order valence-corrected chi connectivity index (χ3v) is 7.73. The summed E-state index contributed by atoms with van der Waals surface area (Å²) in [4.78, 5) is 32.9. The van der Waals surface area contributed by atoms with Gasteiger partial charge in [0.1, 0.15) is 5.82 Å². The zero-order valence-electron chi connectivity index (χ0n) is 18.2. The highest BCUT2D eigenvalue weighted by atomic mass is 35.5. The van der Waals surface area contributed by atoms with E-state index in [0.717, 1.165) is 5.82 Å². The van der Waals surface area contributed by atoms with Gasteiger partial charge in [0.2, 0.25) is 0 Å². The van der Waals surface area contributed by atoms with E-state index in [1.165, 1.54) is 18.2 Å². The average Bonchev–Trinajstić information content (AvgIpc) is 2.74. The lowest BCUT2D eigenvalue weighted by Crippen LogP contribution is -2.59. The van der Waals surface area contributed by atoms with E-state index in [0.29, 0.717) is 25.0 Å². The van der Waals surface area contributed by atoms with Crippen molar-refractivity contribution in [3.8, 4) is 0 Å². The molecule has 3 rings (SSSR count). The number of benzene rings is 1. The molecule has 0 bridgehead atoms. The van der Waals surface area contributed by atoms with Gasteiger partial charge in [-0.25, -0.2) is 4.98 Å². The predicted molar refractivity (Wildman–Crippen MR) is 125 cm³/mol. The Labute approximate surface area is 204 Å². The molecule has 11 heteroatoms. The van der Waals surface area contributed by atoms with Crippen molar-refractivity contribution in [2.75, 3.05) is 23.7 Å². The summed E-state index contributed by atoms with van der Waals surface area (Å²) in [6.07, 6.45) is 1.63. The molecule has 33 heavy (non-hydrogen) atoms. The Morgan fingerprint density at radius 1 is 1.18 bits per heavy atom. The van der Waals surface area contributed by atoms with Crippen LogP contribution in [-0.2, 0) is 16.0 Å². The quantitative estimate of drug-likeness (QED) is 0.528.